The summed E-state index contributed by atoms with van der Waals surface area (Å²) in [6.07, 6.45) is 7.16. The average Bonchev–Trinajstić information content (AvgIpc) is 2.95. The predicted molar refractivity (Wildman–Crippen MR) is 92.8 cm³/mol. The van der Waals surface area contributed by atoms with E-state index in [1.807, 2.05) is 6.07 Å². The van der Waals surface area contributed by atoms with Crippen molar-refractivity contribution in [3.63, 3.8) is 0 Å². The monoisotopic (exact) mass is 339 g/mol. The van der Waals surface area contributed by atoms with Gasteiger partial charge in [-0.05, 0) is 24.3 Å². The van der Waals surface area contributed by atoms with Crippen LogP contribution in [0.2, 0.25) is 0 Å². The lowest BCUT2D eigenvalue weighted by Crippen LogP contribution is -2.53. The van der Waals surface area contributed by atoms with Crippen LogP contribution < -0.4 is 0 Å². The molecule has 23 heavy (non-hydrogen) atoms. The van der Waals surface area contributed by atoms with Gasteiger partial charge in [0.1, 0.15) is 0 Å². The second-order valence-corrected chi connectivity index (χ2v) is 7.96. The molecule has 1 aromatic heterocycles. The number of nitrogens with zero attached hydrogens (tertiary/aromatic N) is 1. The van der Waals surface area contributed by atoms with Crippen LogP contribution in [0.25, 0.3) is 0 Å². The fourth-order valence-electron chi connectivity index (χ4n) is 3.80. The van der Waals surface area contributed by atoms with E-state index in [0.717, 1.165) is 19.7 Å². The Morgan fingerprint density at radius 1 is 1.30 bits per heavy atom. The van der Waals surface area contributed by atoms with Crippen molar-refractivity contribution in [1.82, 2.24) is 4.90 Å². The van der Waals surface area contributed by atoms with Gasteiger partial charge in [-0.25, -0.2) is 0 Å². The van der Waals surface area contributed by atoms with Gasteiger partial charge in [0, 0.05) is 24.5 Å². The first-order valence-corrected chi connectivity index (χ1v) is 9.78. The van der Waals surface area contributed by atoms with Crippen LogP contribution in [-0.4, -0.2) is 54.6 Å². The van der Waals surface area contributed by atoms with E-state index in [9.17, 15) is 5.11 Å². The molecule has 1 aromatic rings. The summed E-state index contributed by atoms with van der Waals surface area (Å²) in [7, 11) is 0. The Hall–Kier alpha value is -0.460. The van der Waals surface area contributed by atoms with Crippen LogP contribution in [-0.2, 0) is 16.1 Å². The van der Waals surface area contributed by atoms with Crippen molar-refractivity contribution in [3.8, 4) is 0 Å². The van der Waals surface area contributed by atoms with E-state index in [0.29, 0.717) is 19.8 Å². The first kappa shape index (κ1) is 17.4. The summed E-state index contributed by atoms with van der Waals surface area (Å²) < 4.78 is 11.8. The van der Waals surface area contributed by atoms with Gasteiger partial charge in [-0.3, -0.25) is 4.90 Å². The molecule has 2 fully saturated rings. The Labute approximate surface area is 143 Å². The van der Waals surface area contributed by atoms with Gasteiger partial charge in [-0.1, -0.05) is 31.7 Å². The first-order chi connectivity index (χ1) is 11.3. The van der Waals surface area contributed by atoms with Crippen LogP contribution >= 0.6 is 11.3 Å². The lowest BCUT2D eigenvalue weighted by molar-refractivity contribution is -0.124. The standard InChI is InChI=1S/C18H29NO3S/c20-16(13-21-14-17-6-5-11-23-17)12-19-9-10-22-18(15-19)7-3-1-2-4-8-18/h5-6,11,16,20H,1-4,7-10,12-15H2/t16-/m1/s1. The fraction of sp³-hybridized carbons (Fsp3) is 0.778. The van der Waals surface area contributed by atoms with Crippen LogP contribution in [0.3, 0.4) is 0 Å². The Bertz CT molecular complexity index is 443. The molecular formula is C18H29NO3S. The molecule has 1 saturated heterocycles. The molecule has 1 atom stereocenters. The van der Waals surface area contributed by atoms with E-state index < -0.39 is 6.10 Å². The lowest BCUT2D eigenvalue weighted by Gasteiger charge is -2.43. The van der Waals surface area contributed by atoms with Crippen molar-refractivity contribution < 1.29 is 14.6 Å². The Morgan fingerprint density at radius 2 is 2.13 bits per heavy atom. The van der Waals surface area contributed by atoms with Crippen molar-refractivity contribution in [2.24, 2.45) is 0 Å². The average molecular weight is 340 g/mol. The van der Waals surface area contributed by atoms with Crippen molar-refractivity contribution in [3.05, 3.63) is 22.4 Å². The maximum Gasteiger partial charge on any atom is 0.0900 e. The Kier molecular flexibility index (Phi) is 6.48. The molecule has 5 heteroatoms. The molecule has 1 N–H and O–H groups in total. The Balaban J connectivity index is 1.41. The van der Waals surface area contributed by atoms with Crippen LogP contribution in [0.5, 0.6) is 0 Å². The SMILES string of the molecule is O[C@@H](COCc1cccs1)CN1CCOC2(CCCCCC2)C1. The van der Waals surface area contributed by atoms with E-state index in [-0.39, 0.29) is 5.60 Å². The number of hydrogen-bond donors (Lipinski definition) is 1. The third-order valence-corrected chi connectivity index (χ3v) is 5.80. The number of aliphatic hydroxyl groups excluding tert-OH is 1. The lowest BCUT2D eigenvalue weighted by atomic mass is 9.92. The fourth-order valence-corrected chi connectivity index (χ4v) is 4.44. The quantitative estimate of drug-likeness (QED) is 0.865. The van der Waals surface area contributed by atoms with E-state index in [1.165, 1.54) is 43.4 Å². The summed E-state index contributed by atoms with van der Waals surface area (Å²) >= 11 is 1.69. The van der Waals surface area contributed by atoms with Gasteiger partial charge in [0.25, 0.3) is 0 Å². The second kappa shape index (κ2) is 8.58. The first-order valence-electron chi connectivity index (χ1n) is 8.90. The minimum Gasteiger partial charge on any atom is -0.389 e. The van der Waals surface area contributed by atoms with Gasteiger partial charge in [0.15, 0.2) is 0 Å². The van der Waals surface area contributed by atoms with Crippen molar-refractivity contribution >= 4 is 11.3 Å². The highest BCUT2D eigenvalue weighted by Gasteiger charge is 2.37. The minimum atomic E-state index is -0.420. The molecule has 0 aromatic carbocycles. The van der Waals surface area contributed by atoms with E-state index >= 15 is 0 Å². The number of morpholine rings is 1. The zero-order chi connectivity index (χ0) is 16.0. The molecule has 3 rings (SSSR count). The van der Waals surface area contributed by atoms with Crippen LogP contribution in [0, 0.1) is 0 Å². The van der Waals surface area contributed by atoms with Gasteiger partial charge in [-0.15, -0.1) is 11.3 Å². The van der Waals surface area contributed by atoms with E-state index in [2.05, 4.69) is 16.3 Å². The number of hydrogen-bond acceptors (Lipinski definition) is 5. The maximum absolute atomic E-state index is 10.3. The molecule has 0 amide bonds. The molecule has 2 heterocycles. The number of ether oxygens (including phenoxy) is 2. The third-order valence-electron chi connectivity index (χ3n) is 4.95. The summed E-state index contributed by atoms with van der Waals surface area (Å²) in [5.74, 6) is 0. The molecule has 0 bridgehead atoms. The van der Waals surface area contributed by atoms with E-state index in [4.69, 9.17) is 9.47 Å². The van der Waals surface area contributed by atoms with Gasteiger partial charge in [0.2, 0.25) is 0 Å². The van der Waals surface area contributed by atoms with Crippen LogP contribution in [0.4, 0.5) is 0 Å². The Morgan fingerprint density at radius 3 is 2.87 bits per heavy atom. The molecule has 0 radical (unpaired) electrons. The molecule has 1 aliphatic carbocycles. The second-order valence-electron chi connectivity index (χ2n) is 6.93. The summed E-state index contributed by atoms with van der Waals surface area (Å²) in [4.78, 5) is 3.58. The third kappa shape index (κ3) is 5.26. The van der Waals surface area contributed by atoms with Gasteiger partial charge in [0.05, 0.1) is 31.5 Å². The van der Waals surface area contributed by atoms with Crippen molar-refractivity contribution in [2.75, 3.05) is 32.8 Å². The molecule has 0 unspecified atom stereocenters. The smallest absolute Gasteiger partial charge is 0.0900 e. The summed E-state index contributed by atoms with van der Waals surface area (Å²) in [6.45, 7) is 4.38. The van der Waals surface area contributed by atoms with Crippen molar-refractivity contribution in [1.29, 1.82) is 0 Å². The molecular weight excluding hydrogens is 310 g/mol. The van der Waals surface area contributed by atoms with E-state index in [1.54, 1.807) is 11.3 Å². The van der Waals surface area contributed by atoms with Gasteiger partial charge >= 0.3 is 0 Å². The zero-order valence-corrected chi connectivity index (χ0v) is 14.7. The number of aliphatic hydroxyl groups is 1. The molecule has 1 spiro atoms. The maximum atomic E-state index is 10.3. The number of rotatable bonds is 6. The zero-order valence-electron chi connectivity index (χ0n) is 13.9. The van der Waals surface area contributed by atoms with Gasteiger partial charge < -0.3 is 14.6 Å². The molecule has 1 aliphatic heterocycles. The topological polar surface area (TPSA) is 41.9 Å². The molecule has 130 valence electrons. The molecule has 2 aliphatic rings. The highest BCUT2D eigenvalue weighted by Crippen LogP contribution is 2.33. The minimum absolute atomic E-state index is 0.0479. The summed E-state index contributed by atoms with van der Waals surface area (Å²) in [5.41, 5.74) is 0.0479. The molecule has 4 nitrogen and oxygen atoms in total. The number of β-amino-alcohol motifs (C(OH)–C–C–N with tert-alkyl or cyclic N) is 1. The predicted octanol–water partition coefficient (Wildman–Crippen LogP) is 3.05. The number of thiophene rings is 1. The highest BCUT2D eigenvalue weighted by molar-refractivity contribution is 7.09. The van der Waals surface area contributed by atoms with Gasteiger partial charge in [-0.2, -0.15) is 0 Å². The normalized spacial score (nSPS) is 23.7. The van der Waals surface area contributed by atoms with Crippen LogP contribution in [0.1, 0.15) is 43.4 Å². The highest BCUT2D eigenvalue weighted by atomic mass is 32.1. The summed E-state index contributed by atoms with van der Waals surface area (Å²) in [5, 5.41) is 12.3. The largest absolute Gasteiger partial charge is 0.389 e. The van der Waals surface area contributed by atoms with Crippen LogP contribution in [0.15, 0.2) is 17.5 Å². The van der Waals surface area contributed by atoms with Crippen molar-refractivity contribution in [2.45, 2.75) is 56.8 Å². The summed E-state index contributed by atoms with van der Waals surface area (Å²) in [6, 6.07) is 4.09. The molecule has 1 saturated carbocycles.